The lowest BCUT2D eigenvalue weighted by Crippen LogP contribution is -2.19. The van der Waals surface area contributed by atoms with Gasteiger partial charge in [0.05, 0.1) is 11.9 Å². The number of amides is 1. The van der Waals surface area contributed by atoms with Gasteiger partial charge in [0.15, 0.2) is 0 Å². The van der Waals surface area contributed by atoms with E-state index in [1.807, 2.05) is 80.5 Å². The zero-order valence-corrected chi connectivity index (χ0v) is 15.0. The number of hydrogen-bond acceptors (Lipinski definition) is 4. The maximum absolute atomic E-state index is 12.3. The van der Waals surface area contributed by atoms with E-state index in [1.165, 1.54) is 0 Å². The highest BCUT2D eigenvalue weighted by Crippen LogP contribution is 2.22. The van der Waals surface area contributed by atoms with Crippen LogP contribution >= 0.6 is 0 Å². The summed E-state index contributed by atoms with van der Waals surface area (Å²) in [7, 11) is 3.97. The van der Waals surface area contributed by atoms with E-state index in [9.17, 15) is 4.79 Å². The molecule has 0 aliphatic heterocycles. The molecule has 0 atom stereocenters. The van der Waals surface area contributed by atoms with Gasteiger partial charge in [-0.2, -0.15) is 10.2 Å². The lowest BCUT2D eigenvalue weighted by atomic mass is 10.1. The standard InChI is InChI=1S/C20H21N5O/c1-14-18(16-7-5-4-6-8-16)22-23-19(14)20(26)24-21-13-15-9-11-17(12-10-15)25(2)3/h4-13H,1-3H3,(H,22,23)(H,24,26)/b21-13-. The van der Waals surface area contributed by atoms with E-state index in [2.05, 4.69) is 20.7 Å². The first kappa shape index (κ1) is 17.4. The van der Waals surface area contributed by atoms with Crippen LogP contribution in [-0.4, -0.2) is 36.4 Å². The number of aromatic amines is 1. The van der Waals surface area contributed by atoms with Gasteiger partial charge >= 0.3 is 0 Å². The number of carbonyl (C=O) groups is 1. The van der Waals surface area contributed by atoms with Gasteiger partial charge in [0.1, 0.15) is 5.69 Å². The third kappa shape index (κ3) is 3.80. The second kappa shape index (κ2) is 7.65. The number of aromatic nitrogens is 2. The minimum atomic E-state index is -0.321. The van der Waals surface area contributed by atoms with Gasteiger partial charge in [-0.1, -0.05) is 42.5 Å². The zero-order valence-electron chi connectivity index (χ0n) is 15.0. The Hall–Kier alpha value is -3.41. The summed E-state index contributed by atoms with van der Waals surface area (Å²) in [5.41, 5.74) is 7.47. The Morgan fingerprint density at radius 1 is 1.12 bits per heavy atom. The number of carbonyl (C=O) groups excluding carboxylic acids is 1. The van der Waals surface area contributed by atoms with Crippen LogP contribution in [0.15, 0.2) is 59.7 Å². The highest BCUT2D eigenvalue weighted by molar-refractivity contribution is 5.96. The van der Waals surface area contributed by atoms with Gasteiger partial charge in [-0.25, -0.2) is 5.43 Å². The number of benzene rings is 2. The fourth-order valence-electron chi connectivity index (χ4n) is 2.58. The van der Waals surface area contributed by atoms with Gasteiger partial charge in [-0.15, -0.1) is 0 Å². The van der Waals surface area contributed by atoms with E-state index in [4.69, 9.17) is 0 Å². The predicted molar refractivity (Wildman–Crippen MR) is 105 cm³/mol. The molecule has 2 aromatic carbocycles. The summed E-state index contributed by atoms with van der Waals surface area (Å²) in [6, 6.07) is 17.6. The third-order valence-corrected chi connectivity index (χ3v) is 4.07. The molecule has 1 amide bonds. The number of anilines is 1. The summed E-state index contributed by atoms with van der Waals surface area (Å²) in [4.78, 5) is 14.4. The van der Waals surface area contributed by atoms with E-state index < -0.39 is 0 Å². The molecular formula is C20H21N5O. The number of nitrogens with zero attached hydrogens (tertiary/aromatic N) is 3. The Labute approximate surface area is 152 Å². The molecule has 0 fully saturated rings. The molecule has 26 heavy (non-hydrogen) atoms. The Balaban J connectivity index is 1.68. The smallest absolute Gasteiger partial charge is 0.289 e. The second-order valence-corrected chi connectivity index (χ2v) is 6.12. The number of H-pyrrole nitrogens is 1. The maximum atomic E-state index is 12.3. The number of hydrazone groups is 1. The van der Waals surface area contributed by atoms with Crippen molar-refractivity contribution < 1.29 is 4.79 Å². The molecule has 0 bridgehead atoms. The van der Waals surface area contributed by atoms with Crippen molar-refractivity contribution in [1.29, 1.82) is 0 Å². The summed E-state index contributed by atoms with van der Waals surface area (Å²) >= 11 is 0. The average Bonchev–Trinajstić information content (AvgIpc) is 3.04. The molecular weight excluding hydrogens is 326 g/mol. The van der Waals surface area contributed by atoms with E-state index in [0.29, 0.717) is 5.69 Å². The van der Waals surface area contributed by atoms with Crippen molar-refractivity contribution in [2.75, 3.05) is 19.0 Å². The quantitative estimate of drug-likeness (QED) is 0.550. The number of hydrogen-bond donors (Lipinski definition) is 2. The Morgan fingerprint density at radius 2 is 1.81 bits per heavy atom. The largest absolute Gasteiger partial charge is 0.378 e. The van der Waals surface area contributed by atoms with Crippen LogP contribution in [0.3, 0.4) is 0 Å². The van der Waals surface area contributed by atoms with E-state index in [-0.39, 0.29) is 5.91 Å². The molecule has 0 radical (unpaired) electrons. The van der Waals surface area contributed by atoms with Crippen LogP contribution < -0.4 is 10.3 Å². The topological polar surface area (TPSA) is 73.4 Å². The molecule has 6 heteroatoms. The Morgan fingerprint density at radius 3 is 2.46 bits per heavy atom. The average molecular weight is 347 g/mol. The predicted octanol–water partition coefficient (Wildman–Crippen LogP) is 3.22. The molecule has 1 heterocycles. The van der Waals surface area contributed by atoms with Crippen LogP contribution in [0.2, 0.25) is 0 Å². The molecule has 0 spiro atoms. The van der Waals surface area contributed by atoms with Gasteiger partial charge in [0, 0.05) is 30.9 Å². The second-order valence-electron chi connectivity index (χ2n) is 6.12. The van der Waals surface area contributed by atoms with Crippen molar-refractivity contribution in [3.05, 3.63) is 71.4 Å². The van der Waals surface area contributed by atoms with Gasteiger partial charge in [0.25, 0.3) is 5.91 Å². The molecule has 6 nitrogen and oxygen atoms in total. The zero-order chi connectivity index (χ0) is 18.5. The maximum Gasteiger partial charge on any atom is 0.289 e. The first-order valence-electron chi connectivity index (χ1n) is 8.27. The lowest BCUT2D eigenvalue weighted by Gasteiger charge is -2.11. The number of rotatable bonds is 5. The third-order valence-electron chi connectivity index (χ3n) is 4.07. The molecule has 132 valence electrons. The summed E-state index contributed by atoms with van der Waals surface area (Å²) < 4.78 is 0. The fraction of sp³-hybridized carbons (Fsp3) is 0.150. The summed E-state index contributed by atoms with van der Waals surface area (Å²) in [5, 5.41) is 11.1. The highest BCUT2D eigenvalue weighted by Gasteiger charge is 2.16. The minimum absolute atomic E-state index is 0.321. The lowest BCUT2D eigenvalue weighted by molar-refractivity contribution is 0.0949. The van der Waals surface area contributed by atoms with Crippen molar-refractivity contribution >= 4 is 17.8 Å². The molecule has 2 N–H and O–H groups in total. The monoisotopic (exact) mass is 347 g/mol. The Bertz CT molecular complexity index is 911. The normalized spacial score (nSPS) is 10.9. The van der Waals surface area contributed by atoms with Gasteiger partial charge in [0.2, 0.25) is 0 Å². The molecule has 0 aliphatic rings. The molecule has 0 saturated carbocycles. The van der Waals surface area contributed by atoms with Crippen LogP contribution in [0.25, 0.3) is 11.3 Å². The van der Waals surface area contributed by atoms with Crippen LogP contribution in [0, 0.1) is 6.92 Å². The summed E-state index contributed by atoms with van der Waals surface area (Å²) in [6.07, 6.45) is 1.61. The molecule has 1 aromatic heterocycles. The van der Waals surface area contributed by atoms with Gasteiger partial charge in [-0.3, -0.25) is 9.89 Å². The first-order valence-corrected chi connectivity index (χ1v) is 8.27. The van der Waals surface area contributed by atoms with Gasteiger partial charge in [-0.05, 0) is 24.6 Å². The van der Waals surface area contributed by atoms with Crippen LogP contribution in [0.5, 0.6) is 0 Å². The van der Waals surface area contributed by atoms with Crippen molar-refractivity contribution in [2.24, 2.45) is 5.10 Å². The summed E-state index contributed by atoms with van der Waals surface area (Å²) in [6.45, 7) is 1.87. The van der Waals surface area contributed by atoms with Gasteiger partial charge < -0.3 is 4.90 Å². The van der Waals surface area contributed by atoms with Crippen molar-refractivity contribution in [1.82, 2.24) is 15.6 Å². The van der Waals surface area contributed by atoms with Crippen LogP contribution in [0.4, 0.5) is 5.69 Å². The Kier molecular flexibility index (Phi) is 5.12. The van der Waals surface area contributed by atoms with E-state index in [1.54, 1.807) is 6.21 Å². The van der Waals surface area contributed by atoms with Crippen LogP contribution in [0.1, 0.15) is 21.6 Å². The summed E-state index contributed by atoms with van der Waals surface area (Å²) in [5.74, 6) is -0.321. The first-order chi connectivity index (χ1) is 12.6. The van der Waals surface area contributed by atoms with Crippen molar-refractivity contribution in [3.8, 4) is 11.3 Å². The number of nitrogens with one attached hydrogen (secondary N) is 2. The fourth-order valence-corrected chi connectivity index (χ4v) is 2.58. The van der Waals surface area contributed by atoms with Crippen molar-refractivity contribution in [2.45, 2.75) is 6.92 Å². The molecule has 3 rings (SSSR count). The molecule has 0 aliphatic carbocycles. The minimum Gasteiger partial charge on any atom is -0.378 e. The molecule has 0 saturated heterocycles. The van der Waals surface area contributed by atoms with E-state index >= 15 is 0 Å². The van der Waals surface area contributed by atoms with Crippen LogP contribution in [-0.2, 0) is 0 Å². The molecule has 3 aromatic rings. The van der Waals surface area contributed by atoms with E-state index in [0.717, 1.165) is 28.1 Å². The highest BCUT2D eigenvalue weighted by atomic mass is 16.2. The SMILES string of the molecule is Cc1c(-c2ccccc2)n[nH]c1C(=O)N/N=C\c1ccc(N(C)C)cc1. The molecule has 0 unspecified atom stereocenters. The van der Waals surface area contributed by atoms with Crippen molar-refractivity contribution in [3.63, 3.8) is 0 Å².